The molecule has 0 unspecified atom stereocenters. The van der Waals surface area contributed by atoms with Gasteiger partial charge in [-0.25, -0.2) is 4.39 Å². The highest BCUT2D eigenvalue weighted by atomic mass is 19.1. The van der Waals surface area contributed by atoms with Crippen LogP contribution in [0.15, 0.2) is 42.7 Å². The van der Waals surface area contributed by atoms with Crippen LogP contribution in [0.3, 0.4) is 0 Å². The van der Waals surface area contributed by atoms with Gasteiger partial charge in [-0.2, -0.15) is 0 Å². The summed E-state index contributed by atoms with van der Waals surface area (Å²) in [5.74, 6) is 0.573. The molecule has 0 bridgehead atoms. The minimum Gasteiger partial charge on any atom is -0.499 e. The van der Waals surface area contributed by atoms with Gasteiger partial charge in [0.15, 0.2) is 0 Å². The van der Waals surface area contributed by atoms with E-state index in [1.807, 2.05) is 19.9 Å². The molecular weight excluding hydrogens is 191 g/mol. The fourth-order valence-corrected chi connectivity index (χ4v) is 1.26. The molecule has 0 fully saturated rings. The van der Waals surface area contributed by atoms with Gasteiger partial charge in [-0.1, -0.05) is 18.7 Å². The first kappa shape index (κ1) is 11.5. The maximum Gasteiger partial charge on any atom is 0.123 e. The number of rotatable bonds is 4. The van der Waals surface area contributed by atoms with E-state index in [4.69, 9.17) is 4.74 Å². The molecule has 0 saturated carbocycles. The Balaban J connectivity index is 2.77. The molecule has 1 aromatic rings. The summed E-state index contributed by atoms with van der Waals surface area (Å²) in [6.45, 7) is 8.34. The average Bonchev–Trinajstić information content (AvgIpc) is 2.18. The summed E-state index contributed by atoms with van der Waals surface area (Å²) < 4.78 is 17.9. The minimum absolute atomic E-state index is 0.239. The molecule has 1 rings (SSSR count). The summed E-state index contributed by atoms with van der Waals surface area (Å²) in [4.78, 5) is 0. The molecule has 0 aromatic heterocycles. The number of benzene rings is 1. The van der Waals surface area contributed by atoms with Crippen LogP contribution in [0.25, 0.3) is 5.57 Å². The first-order valence-corrected chi connectivity index (χ1v) is 4.89. The summed E-state index contributed by atoms with van der Waals surface area (Å²) in [6, 6.07) is 6.25. The highest BCUT2D eigenvalue weighted by Gasteiger charge is 1.97. The molecule has 80 valence electrons. The van der Waals surface area contributed by atoms with E-state index in [1.165, 1.54) is 12.1 Å². The highest BCUT2D eigenvalue weighted by molar-refractivity contribution is 5.72. The summed E-state index contributed by atoms with van der Waals surface area (Å²) >= 11 is 0. The normalized spacial score (nSPS) is 11.3. The van der Waals surface area contributed by atoms with Crippen LogP contribution in [0.4, 0.5) is 4.39 Å². The number of allylic oxidation sites excluding steroid dienone is 3. The summed E-state index contributed by atoms with van der Waals surface area (Å²) in [5, 5.41) is 0. The lowest BCUT2D eigenvalue weighted by atomic mass is 10.1. The minimum atomic E-state index is -0.239. The van der Waals surface area contributed by atoms with Crippen LogP contribution in [0.5, 0.6) is 0 Å². The third-order valence-corrected chi connectivity index (χ3v) is 1.96. The Labute approximate surface area is 89.9 Å². The SMILES string of the molecule is C=C(/C=C(\C)OCC)c1ccc(F)cc1. The third kappa shape index (κ3) is 3.58. The molecule has 0 spiro atoms. The second-order valence-corrected chi connectivity index (χ2v) is 3.22. The predicted molar refractivity (Wildman–Crippen MR) is 60.8 cm³/mol. The van der Waals surface area contributed by atoms with Gasteiger partial charge < -0.3 is 4.74 Å². The zero-order valence-electron chi connectivity index (χ0n) is 9.09. The molecule has 0 aliphatic rings. The van der Waals surface area contributed by atoms with Crippen molar-refractivity contribution in [1.29, 1.82) is 0 Å². The van der Waals surface area contributed by atoms with Gasteiger partial charge in [0.1, 0.15) is 5.82 Å². The molecule has 15 heavy (non-hydrogen) atoms. The van der Waals surface area contributed by atoms with Crippen LogP contribution in [-0.2, 0) is 4.74 Å². The topological polar surface area (TPSA) is 9.23 Å². The molecule has 1 aromatic carbocycles. The summed E-state index contributed by atoms with van der Waals surface area (Å²) in [6.07, 6.45) is 1.84. The van der Waals surface area contributed by atoms with Gasteiger partial charge in [0.2, 0.25) is 0 Å². The zero-order valence-corrected chi connectivity index (χ0v) is 9.09. The van der Waals surface area contributed by atoms with Crippen molar-refractivity contribution in [3.63, 3.8) is 0 Å². The van der Waals surface area contributed by atoms with Crippen molar-refractivity contribution in [2.45, 2.75) is 13.8 Å². The lowest BCUT2D eigenvalue weighted by molar-refractivity contribution is 0.232. The van der Waals surface area contributed by atoms with Gasteiger partial charge in [0.05, 0.1) is 12.4 Å². The van der Waals surface area contributed by atoms with Gasteiger partial charge in [-0.15, -0.1) is 0 Å². The Kier molecular flexibility index (Phi) is 4.10. The number of hydrogen-bond donors (Lipinski definition) is 0. The standard InChI is InChI=1S/C13H15FO/c1-4-15-11(3)9-10(2)12-5-7-13(14)8-6-12/h5-9H,2,4H2,1,3H3/b11-9+. The van der Waals surface area contributed by atoms with Crippen molar-refractivity contribution in [2.75, 3.05) is 6.61 Å². The maximum absolute atomic E-state index is 12.7. The van der Waals surface area contributed by atoms with Gasteiger partial charge >= 0.3 is 0 Å². The molecule has 0 aliphatic heterocycles. The number of hydrogen-bond acceptors (Lipinski definition) is 1. The van der Waals surface area contributed by atoms with E-state index in [2.05, 4.69) is 6.58 Å². The van der Waals surface area contributed by atoms with Crippen LogP contribution in [0.1, 0.15) is 19.4 Å². The predicted octanol–water partition coefficient (Wildman–Crippen LogP) is 3.78. The Morgan fingerprint density at radius 2 is 2.00 bits per heavy atom. The van der Waals surface area contributed by atoms with Gasteiger partial charge in [-0.05, 0) is 43.2 Å². The first-order chi connectivity index (χ1) is 7.13. The van der Waals surface area contributed by atoms with Crippen molar-refractivity contribution in [3.8, 4) is 0 Å². The summed E-state index contributed by atoms with van der Waals surface area (Å²) in [5.41, 5.74) is 1.72. The molecule has 0 radical (unpaired) electrons. The van der Waals surface area contributed by atoms with Crippen LogP contribution in [0, 0.1) is 5.82 Å². The zero-order chi connectivity index (χ0) is 11.3. The fraction of sp³-hybridized carbons (Fsp3) is 0.231. The van der Waals surface area contributed by atoms with Crippen molar-refractivity contribution >= 4 is 5.57 Å². The van der Waals surface area contributed by atoms with Crippen molar-refractivity contribution in [1.82, 2.24) is 0 Å². The fourth-order valence-electron chi connectivity index (χ4n) is 1.26. The van der Waals surface area contributed by atoms with E-state index in [9.17, 15) is 4.39 Å². The van der Waals surface area contributed by atoms with E-state index in [-0.39, 0.29) is 5.82 Å². The van der Waals surface area contributed by atoms with Crippen LogP contribution >= 0.6 is 0 Å². The highest BCUT2D eigenvalue weighted by Crippen LogP contribution is 2.16. The van der Waals surface area contributed by atoms with Crippen LogP contribution in [-0.4, -0.2) is 6.61 Å². The van der Waals surface area contributed by atoms with E-state index in [0.29, 0.717) is 6.61 Å². The smallest absolute Gasteiger partial charge is 0.123 e. The molecule has 0 aliphatic carbocycles. The van der Waals surface area contributed by atoms with Crippen molar-refractivity contribution in [3.05, 3.63) is 54.1 Å². The Morgan fingerprint density at radius 1 is 1.40 bits per heavy atom. The molecule has 0 amide bonds. The Hall–Kier alpha value is -1.57. The first-order valence-electron chi connectivity index (χ1n) is 4.89. The van der Waals surface area contributed by atoms with E-state index >= 15 is 0 Å². The molecular formula is C13H15FO. The summed E-state index contributed by atoms with van der Waals surface area (Å²) in [7, 11) is 0. The largest absolute Gasteiger partial charge is 0.499 e. The lowest BCUT2D eigenvalue weighted by Crippen LogP contribution is -1.88. The van der Waals surface area contributed by atoms with Gasteiger partial charge in [-0.3, -0.25) is 0 Å². The second-order valence-electron chi connectivity index (χ2n) is 3.22. The average molecular weight is 206 g/mol. The molecule has 1 nitrogen and oxygen atoms in total. The molecule has 2 heteroatoms. The second kappa shape index (κ2) is 5.35. The van der Waals surface area contributed by atoms with Crippen LogP contribution < -0.4 is 0 Å². The molecule has 0 heterocycles. The Morgan fingerprint density at radius 3 is 2.53 bits per heavy atom. The number of halogens is 1. The number of ether oxygens (including phenoxy) is 1. The van der Waals surface area contributed by atoms with E-state index in [1.54, 1.807) is 12.1 Å². The van der Waals surface area contributed by atoms with Gasteiger partial charge in [0, 0.05) is 0 Å². The molecule has 0 atom stereocenters. The maximum atomic E-state index is 12.7. The van der Waals surface area contributed by atoms with E-state index in [0.717, 1.165) is 16.9 Å². The molecule has 0 saturated heterocycles. The van der Waals surface area contributed by atoms with Crippen molar-refractivity contribution in [2.24, 2.45) is 0 Å². The third-order valence-electron chi connectivity index (χ3n) is 1.96. The van der Waals surface area contributed by atoms with Crippen molar-refractivity contribution < 1.29 is 9.13 Å². The Bertz CT molecular complexity index is 363. The lowest BCUT2D eigenvalue weighted by Gasteiger charge is -2.04. The quantitative estimate of drug-likeness (QED) is 0.538. The van der Waals surface area contributed by atoms with Gasteiger partial charge in [0.25, 0.3) is 0 Å². The van der Waals surface area contributed by atoms with E-state index < -0.39 is 0 Å². The monoisotopic (exact) mass is 206 g/mol. The van der Waals surface area contributed by atoms with Crippen LogP contribution in [0.2, 0.25) is 0 Å². The molecule has 0 N–H and O–H groups in total.